The molecule has 6 heteroatoms. The Morgan fingerprint density at radius 3 is 3.08 bits per heavy atom. The van der Waals surface area contributed by atoms with Gasteiger partial charge >= 0.3 is 0 Å². The molecule has 1 aromatic carbocycles. The minimum absolute atomic E-state index is 0.00944. The Morgan fingerprint density at radius 1 is 1.50 bits per heavy atom. The number of likely N-dealkylation sites (tertiary alicyclic amines) is 1. The number of nitrogens with one attached hydrogen (secondary N) is 1. The Morgan fingerprint density at radius 2 is 2.38 bits per heavy atom. The Labute approximate surface area is 147 Å². The van der Waals surface area contributed by atoms with E-state index in [9.17, 15) is 4.79 Å². The molecule has 0 radical (unpaired) electrons. The second-order valence-corrected chi connectivity index (χ2v) is 6.47. The molecular weight excluding hydrogens is 326 g/mol. The van der Waals surface area contributed by atoms with E-state index in [1.807, 2.05) is 18.0 Å². The molecule has 0 unspecified atom stereocenters. The van der Waals surface area contributed by atoms with E-state index in [2.05, 4.69) is 9.97 Å². The number of ether oxygens (including phenoxy) is 1. The number of benzene rings is 1. The Hall–Kier alpha value is -2.01. The average Bonchev–Trinajstić information content (AvgIpc) is 3.15. The van der Waals surface area contributed by atoms with Crippen LogP contribution in [0.3, 0.4) is 0 Å². The van der Waals surface area contributed by atoms with Crippen molar-refractivity contribution in [1.82, 2.24) is 14.9 Å². The van der Waals surface area contributed by atoms with Crippen LogP contribution in [0.15, 0.2) is 30.6 Å². The highest BCUT2D eigenvalue weighted by atomic mass is 35.5. The van der Waals surface area contributed by atoms with Gasteiger partial charge in [0.05, 0.1) is 11.6 Å². The van der Waals surface area contributed by atoms with Gasteiger partial charge in [0, 0.05) is 37.0 Å². The summed E-state index contributed by atoms with van der Waals surface area (Å²) in [5.74, 6) is 1.85. The molecule has 1 aliphatic heterocycles. The lowest BCUT2D eigenvalue weighted by molar-refractivity contribution is 0.0704. The molecule has 2 aromatic rings. The monoisotopic (exact) mass is 347 g/mol. The number of aromatic amines is 1. The smallest absolute Gasteiger partial charge is 0.253 e. The van der Waals surface area contributed by atoms with Gasteiger partial charge in [0.2, 0.25) is 0 Å². The molecule has 3 rings (SSSR count). The third kappa shape index (κ3) is 3.73. The predicted molar refractivity (Wildman–Crippen MR) is 93.7 cm³/mol. The maximum Gasteiger partial charge on any atom is 0.253 e. The average molecular weight is 348 g/mol. The number of imidazole rings is 1. The molecule has 2 heterocycles. The number of carbonyl (C=O) groups is 1. The summed E-state index contributed by atoms with van der Waals surface area (Å²) < 4.78 is 5.56. The van der Waals surface area contributed by atoms with Crippen molar-refractivity contribution in [2.75, 3.05) is 19.7 Å². The standard InChI is InChI=1S/C18H22ClN3O2/c1-2-10-24-16-6-5-13(11-15(16)19)18(23)22-9-3-4-14(12-22)17-20-7-8-21-17/h5-8,11,14H,2-4,9-10,12H2,1H3,(H,20,21)/t14-/m0/s1. The van der Waals surface area contributed by atoms with Crippen LogP contribution < -0.4 is 4.74 Å². The van der Waals surface area contributed by atoms with Crippen molar-refractivity contribution in [3.63, 3.8) is 0 Å². The quantitative estimate of drug-likeness (QED) is 0.893. The summed E-state index contributed by atoms with van der Waals surface area (Å²) in [5, 5.41) is 0.480. The van der Waals surface area contributed by atoms with E-state index in [1.165, 1.54) is 0 Å². The molecular formula is C18H22ClN3O2. The van der Waals surface area contributed by atoms with Crippen molar-refractivity contribution in [3.8, 4) is 5.75 Å². The van der Waals surface area contributed by atoms with Crippen molar-refractivity contribution < 1.29 is 9.53 Å². The number of amides is 1. The third-order valence-corrected chi connectivity index (χ3v) is 4.55. The van der Waals surface area contributed by atoms with Gasteiger partial charge in [-0.3, -0.25) is 4.79 Å². The summed E-state index contributed by atoms with van der Waals surface area (Å²) in [6.07, 6.45) is 6.51. The molecule has 1 aliphatic rings. The maximum absolute atomic E-state index is 12.8. The van der Waals surface area contributed by atoms with Crippen molar-refractivity contribution in [1.29, 1.82) is 0 Å². The van der Waals surface area contributed by atoms with Crippen LogP contribution in [-0.4, -0.2) is 40.5 Å². The topological polar surface area (TPSA) is 58.2 Å². The van der Waals surface area contributed by atoms with Crippen LogP contribution >= 0.6 is 11.6 Å². The lowest BCUT2D eigenvalue weighted by atomic mass is 9.96. The number of piperidine rings is 1. The first kappa shape index (κ1) is 16.8. The van der Waals surface area contributed by atoms with Crippen LogP contribution in [-0.2, 0) is 0 Å². The molecule has 1 saturated heterocycles. The number of halogens is 1. The molecule has 0 bridgehead atoms. The van der Waals surface area contributed by atoms with E-state index >= 15 is 0 Å². The van der Waals surface area contributed by atoms with Gasteiger partial charge < -0.3 is 14.6 Å². The lowest BCUT2D eigenvalue weighted by Gasteiger charge is -2.32. The lowest BCUT2D eigenvalue weighted by Crippen LogP contribution is -2.39. The summed E-state index contributed by atoms with van der Waals surface area (Å²) in [6.45, 7) is 4.10. The van der Waals surface area contributed by atoms with Crippen molar-refractivity contribution in [3.05, 3.63) is 47.0 Å². The summed E-state index contributed by atoms with van der Waals surface area (Å²) in [4.78, 5) is 22.2. The highest BCUT2D eigenvalue weighted by Gasteiger charge is 2.27. The fourth-order valence-corrected chi connectivity index (χ4v) is 3.27. The SMILES string of the molecule is CCCOc1ccc(C(=O)N2CCC[C@H](c3ncc[nH]3)C2)cc1Cl. The van der Waals surface area contributed by atoms with Crippen LogP contribution in [0.1, 0.15) is 48.3 Å². The zero-order chi connectivity index (χ0) is 16.9. The molecule has 24 heavy (non-hydrogen) atoms. The van der Waals surface area contributed by atoms with Crippen molar-refractivity contribution >= 4 is 17.5 Å². The number of H-pyrrole nitrogens is 1. The maximum atomic E-state index is 12.8. The zero-order valence-electron chi connectivity index (χ0n) is 13.8. The molecule has 0 spiro atoms. The molecule has 5 nitrogen and oxygen atoms in total. The van der Waals surface area contributed by atoms with Gasteiger partial charge in [-0.2, -0.15) is 0 Å². The largest absolute Gasteiger partial charge is 0.492 e. The normalized spacial score (nSPS) is 17.8. The van der Waals surface area contributed by atoms with Gasteiger partial charge in [-0.1, -0.05) is 18.5 Å². The van der Waals surface area contributed by atoms with Crippen LogP contribution in [0.2, 0.25) is 5.02 Å². The summed E-state index contributed by atoms with van der Waals surface area (Å²) in [5.41, 5.74) is 0.601. The number of carbonyl (C=O) groups excluding carboxylic acids is 1. The first-order chi connectivity index (χ1) is 11.7. The number of hydrogen-bond donors (Lipinski definition) is 1. The predicted octanol–water partition coefficient (Wildman–Crippen LogP) is 3.87. The van der Waals surface area contributed by atoms with Crippen molar-refractivity contribution in [2.45, 2.75) is 32.1 Å². The summed E-state index contributed by atoms with van der Waals surface area (Å²) >= 11 is 6.25. The van der Waals surface area contributed by atoms with Crippen LogP contribution in [0, 0.1) is 0 Å². The first-order valence-electron chi connectivity index (χ1n) is 8.40. The van der Waals surface area contributed by atoms with Crippen LogP contribution in [0.25, 0.3) is 0 Å². The molecule has 0 saturated carbocycles. The van der Waals surface area contributed by atoms with E-state index < -0.39 is 0 Å². The minimum atomic E-state index is 0.00944. The molecule has 0 aliphatic carbocycles. The van der Waals surface area contributed by atoms with Gasteiger partial charge in [0.25, 0.3) is 5.91 Å². The fourth-order valence-electron chi connectivity index (χ4n) is 3.03. The second-order valence-electron chi connectivity index (χ2n) is 6.06. The number of hydrogen-bond acceptors (Lipinski definition) is 3. The Bertz CT molecular complexity index is 688. The number of rotatable bonds is 5. The first-order valence-corrected chi connectivity index (χ1v) is 8.77. The van der Waals surface area contributed by atoms with Gasteiger partial charge in [-0.25, -0.2) is 4.98 Å². The number of aromatic nitrogens is 2. The van der Waals surface area contributed by atoms with E-state index in [0.29, 0.717) is 29.5 Å². The third-order valence-electron chi connectivity index (χ3n) is 4.26. The van der Waals surface area contributed by atoms with Crippen LogP contribution in [0.4, 0.5) is 0 Å². The summed E-state index contributed by atoms with van der Waals surface area (Å²) in [7, 11) is 0. The fraction of sp³-hybridized carbons (Fsp3) is 0.444. The number of nitrogens with zero attached hydrogens (tertiary/aromatic N) is 2. The molecule has 1 aromatic heterocycles. The Kier molecular flexibility index (Phi) is 5.41. The van der Waals surface area contributed by atoms with E-state index in [-0.39, 0.29) is 11.8 Å². The second kappa shape index (κ2) is 7.71. The molecule has 128 valence electrons. The van der Waals surface area contributed by atoms with E-state index in [4.69, 9.17) is 16.3 Å². The highest BCUT2D eigenvalue weighted by Crippen LogP contribution is 2.28. The molecule has 1 atom stereocenters. The van der Waals surface area contributed by atoms with E-state index in [0.717, 1.165) is 31.6 Å². The molecule has 1 amide bonds. The van der Waals surface area contributed by atoms with Gasteiger partial charge in [0.15, 0.2) is 0 Å². The van der Waals surface area contributed by atoms with Gasteiger partial charge in [-0.15, -0.1) is 0 Å². The molecule has 1 N–H and O–H groups in total. The van der Waals surface area contributed by atoms with Gasteiger partial charge in [0.1, 0.15) is 11.6 Å². The molecule has 1 fully saturated rings. The Balaban J connectivity index is 1.70. The minimum Gasteiger partial charge on any atom is -0.492 e. The highest BCUT2D eigenvalue weighted by molar-refractivity contribution is 6.32. The van der Waals surface area contributed by atoms with Gasteiger partial charge in [-0.05, 0) is 37.5 Å². The van der Waals surface area contributed by atoms with E-state index in [1.54, 1.807) is 24.4 Å². The zero-order valence-corrected chi connectivity index (χ0v) is 14.6. The van der Waals surface area contributed by atoms with Crippen LogP contribution in [0.5, 0.6) is 5.75 Å². The summed E-state index contributed by atoms with van der Waals surface area (Å²) in [6, 6.07) is 5.26. The van der Waals surface area contributed by atoms with Crippen molar-refractivity contribution in [2.24, 2.45) is 0 Å².